The topological polar surface area (TPSA) is 129 Å². The van der Waals surface area contributed by atoms with E-state index in [2.05, 4.69) is 10.3 Å². The second kappa shape index (κ2) is 8.73. The number of hydrogen-bond acceptors (Lipinski definition) is 5. The van der Waals surface area contributed by atoms with Gasteiger partial charge in [-0.05, 0) is 37.1 Å². The molecule has 0 aliphatic carbocycles. The van der Waals surface area contributed by atoms with Gasteiger partial charge in [0.25, 0.3) is 11.6 Å². The van der Waals surface area contributed by atoms with Gasteiger partial charge in [-0.2, -0.15) is 0 Å². The van der Waals surface area contributed by atoms with E-state index in [1.165, 1.54) is 29.1 Å². The van der Waals surface area contributed by atoms with Crippen LogP contribution in [0.25, 0.3) is 10.9 Å². The number of anilines is 1. The molecule has 1 fully saturated rings. The fourth-order valence-corrected chi connectivity index (χ4v) is 4.15. The second-order valence-electron chi connectivity index (χ2n) is 7.92. The highest BCUT2D eigenvalue weighted by molar-refractivity contribution is 5.99. The Morgan fingerprint density at radius 1 is 1.12 bits per heavy atom. The summed E-state index contributed by atoms with van der Waals surface area (Å²) in [6.07, 6.45) is 0.734. The standard InChI is InChI=1S/C23H23N5O5/c1-14-18(17-6-3-4-7-19(17)24-14)13-22(30)26-10-5-11-27(26)23(31)16-8-9-20(25-15(2)29)21(12-16)28(32)33/h3-4,6-9,12,24H,5,10-11,13H2,1-2H3,(H,25,29). The number of aromatic nitrogens is 1. The van der Waals surface area contributed by atoms with E-state index in [1.807, 2.05) is 31.2 Å². The zero-order chi connectivity index (χ0) is 23.7. The molecule has 3 amide bonds. The van der Waals surface area contributed by atoms with Crippen molar-refractivity contribution in [2.45, 2.75) is 26.7 Å². The first-order valence-corrected chi connectivity index (χ1v) is 10.5. The molecule has 33 heavy (non-hydrogen) atoms. The van der Waals surface area contributed by atoms with E-state index >= 15 is 0 Å². The van der Waals surface area contributed by atoms with Crippen molar-refractivity contribution in [1.29, 1.82) is 0 Å². The summed E-state index contributed by atoms with van der Waals surface area (Å²) in [4.78, 5) is 51.7. The Labute approximate surface area is 189 Å². The summed E-state index contributed by atoms with van der Waals surface area (Å²) in [5.41, 5.74) is 2.41. The van der Waals surface area contributed by atoms with Gasteiger partial charge in [-0.1, -0.05) is 18.2 Å². The number of benzene rings is 2. The van der Waals surface area contributed by atoms with Crippen molar-refractivity contribution < 1.29 is 19.3 Å². The van der Waals surface area contributed by atoms with E-state index in [1.54, 1.807) is 0 Å². The molecule has 0 saturated carbocycles. The van der Waals surface area contributed by atoms with Crippen LogP contribution in [0.5, 0.6) is 0 Å². The van der Waals surface area contributed by atoms with Crippen molar-refractivity contribution in [3.8, 4) is 0 Å². The number of H-pyrrole nitrogens is 1. The summed E-state index contributed by atoms with van der Waals surface area (Å²) in [7, 11) is 0. The van der Waals surface area contributed by atoms with Crippen molar-refractivity contribution in [2.75, 3.05) is 18.4 Å². The maximum absolute atomic E-state index is 13.2. The molecule has 2 heterocycles. The Balaban J connectivity index is 1.57. The lowest BCUT2D eigenvalue weighted by Gasteiger charge is -2.28. The molecule has 0 spiro atoms. The number of aromatic amines is 1. The maximum atomic E-state index is 13.2. The smallest absolute Gasteiger partial charge is 0.293 e. The van der Waals surface area contributed by atoms with E-state index in [-0.39, 0.29) is 29.3 Å². The number of fused-ring (bicyclic) bond motifs is 1. The molecule has 4 rings (SSSR count). The van der Waals surface area contributed by atoms with Crippen LogP contribution in [-0.2, 0) is 16.0 Å². The number of carbonyl (C=O) groups excluding carboxylic acids is 3. The molecule has 0 atom stereocenters. The van der Waals surface area contributed by atoms with E-state index in [0.29, 0.717) is 19.5 Å². The van der Waals surface area contributed by atoms with Gasteiger partial charge in [-0.25, -0.2) is 5.01 Å². The van der Waals surface area contributed by atoms with Crippen LogP contribution in [0.15, 0.2) is 42.5 Å². The maximum Gasteiger partial charge on any atom is 0.293 e. The number of carbonyl (C=O) groups is 3. The SMILES string of the molecule is CC(=O)Nc1ccc(C(=O)N2CCCN2C(=O)Cc2c(C)[nH]c3ccccc23)cc1[N+](=O)[O-]. The normalized spacial score (nSPS) is 13.4. The first-order chi connectivity index (χ1) is 15.8. The monoisotopic (exact) mass is 449 g/mol. The predicted octanol–water partition coefficient (Wildman–Crippen LogP) is 3.18. The van der Waals surface area contributed by atoms with Crippen molar-refractivity contribution >= 4 is 40.0 Å². The highest BCUT2D eigenvalue weighted by Crippen LogP contribution is 2.28. The fourth-order valence-electron chi connectivity index (χ4n) is 4.15. The molecular formula is C23H23N5O5. The van der Waals surface area contributed by atoms with Crippen molar-refractivity contribution in [3.05, 3.63) is 69.4 Å². The number of aryl methyl sites for hydroxylation is 1. The number of rotatable bonds is 5. The summed E-state index contributed by atoms with van der Waals surface area (Å²) in [6.45, 7) is 3.87. The molecule has 0 unspecified atom stereocenters. The van der Waals surface area contributed by atoms with Gasteiger partial charge in [0.2, 0.25) is 11.8 Å². The van der Waals surface area contributed by atoms with Crippen molar-refractivity contribution in [3.63, 3.8) is 0 Å². The number of nitro groups is 1. The molecular weight excluding hydrogens is 426 g/mol. The molecule has 10 nitrogen and oxygen atoms in total. The minimum Gasteiger partial charge on any atom is -0.358 e. The summed E-state index contributed by atoms with van der Waals surface area (Å²) in [6, 6.07) is 11.6. The van der Waals surface area contributed by atoms with Crippen LogP contribution in [0.2, 0.25) is 0 Å². The lowest BCUT2D eigenvalue weighted by Crippen LogP contribution is -2.45. The van der Waals surface area contributed by atoms with Crippen molar-refractivity contribution in [2.24, 2.45) is 0 Å². The Morgan fingerprint density at radius 2 is 1.85 bits per heavy atom. The molecule has 1 aromatic heterocycles. The third-order valence-electron chi connectivity index (χ3n) is 5.66. The van der Waals surface area contributed by atoms with E-state index in [4.69, 9.17) is 0 Å². The van der Waals surface area contributed by atoms with Crippen LogP contribution in [0.3, 0.4) is 0 Å². The van der Waals surface area contributed by atoms with Gasteiger partial charge in [0, 0.05) is 48.2 Å². The number of nitrogens with one attached hydrogen (secondary N) is 2. The number of hydrazine groups is 1. The van der Waals surface area contributed by atoms with Gasteiger partial charge in [0.15, 0.2) is 0 Å². The van der Waals surface area contributed by atoms with Gasteiger partial charge < -0.3 is 10.3 Å². The van der Waals surface area contributed by atoms with Crippen molar-refractivity contribution in [1.82, 2.24) is 15.0 Å². The molecule has 1 saturated heterocycles. The number of nitro benzene ring substituents is 1. The average Bonchev–Trinajstić information content (AvgIpc) is 3.38. The highest BCUT2D eigenvalue weighted by atomic mass is 16.6. The first kappa shape index (κ1) is 22.0. The van der Waals surface area contributed by atoms with Crippen LogP contribution in [0, 0.1) is 17.0 Å². The quantitative estimate of drug-likeness (QED) is 0.457. The largest absolute Gasteiger partial charge is 0.358 e. The van der Waals surface area contributed by atoms with E-state index in [9.17, 15) is 24.5 Å². The fraction of sp³-hybridized carbons (Fsp3) is 0.261. The van der Waals surface area contributed by atoms with Gasteiger partial charge >= 0.3 is 0 Å². The summed E-state index contributed by atoms with van der Waals surface area (Å²) in [5.74, 6) is -1.19. The highest BCUT2D eigenvalue weighted by Gasteiger charge is 2.33. The third kappa shape index (κ3) is 4.27. The Kier molecular flexibility index (Phi) is 5.82. The predicted molar refractivity (Wildman–Crippen MR) is 122 cm³/mol. The number of nitrogens with zero attached hydrogens (tertiary/aromatic N) is 3. The molecule has 2 aromatic carbocycles. The molecule has 3 aromatic rings. The minimum atomic E-state index is -0.658. The number of amides is 3. The average molecular weight is 449 g/mol. The Morgan fingerprint density at radius 3 is 2.58 bits per heavy atom. The molecule has 0 bridgehead atoms. The van der Waals surface area contributed by atoms with Crippen LogP contribution >= 0.6 is 0 Å². The summed E-state index contributed by atoms with van der Waals surface area (Å²) in [5, 5.41) is 17.6. The van der Waals surface area contributed by atoms with E-state index < -0.39 is 16.7 Å². The molecule has 0 radical (unpaired) electrons. The van der Waals surface area contributed by atoms with Crippen LogP contribution < -0.4 is 5.32 Å². The van der Waals surface area contributed by atoms with Gasteiger partial charge in [-0.15, -0.1) is 0 Å². The lowest BCUT2D eigenvalue weighted by molar-refractivity contribution is -0.384. The number of hydrogen-bond donors (Lipinski definition) is 2. The third-order valence-corrected chi connectivity index (χ3v) is 5.66. The second-order valence-corrected chi connectivity index (χ2v) is 7.92. The van der Waals surface area contributed by atoms with E-state index in [0.717, 1.165) is 28.2 Å². The summed E-state index contributed by atoms with van der Waals surface area (Å²) < 4.78 is 0. The first-order valence-electron chi connectivity index (χ1n) is 10.5. The minimum absolute atomic E-state index is 0.00761. The zero-order valence-corrected chi connectivity index (χ0v) is 18.3. The van der Waals surface area contributed by atoms with Crippen LogP contribution in [0.4, 0.5) is 11.4 Å². The van der Waals surface area contributed by atoms with Crippen LogP contribution in [-0.4, -0.2) is 50.7 Å². The molecule has 10 heteroatoms. The van der Waals surface area contributed by atoms with Gasteiger partial charge in [0.1, 0.15) is 5.69 Å². The molecule has 170 valence electrons. The Bertz CT molecular complexity index is 1280. The molecule has 1 aliphatic heterocycles. The zero-order valence-electron chi connectivity index (χ0n) is 18.3. The lowest BCUT2D eigenvalue weighted by atomic mass is 10.1. The molecule has 2 N–H and O–H groups in total. The van der Waals surface area contributed by atoms with Crippen LogP contribution in [0.1, 0.15) is 35.0 Å². The Hall–Kier alpha value is -4.21. The van der Waals surface area contributed by atoms with Gasteiger partial charge in [-0.3, -0.25) is 29.5 Å². The number of para-hydroxylation sites is 1. The van der Waals surface area contributed by atoms with Gasteiger partial charge in [0.05, 0.1) is 11.3 Å². The summed E-state index contributed by atoms with van der Waals surface area (Å²) >= 11 is 0. The molecule has 1 aliphatic rings.